The maximum atomic E-state index is 12.4. The number of ether oxygens (including phenoxy) is 1. The monoisotopic (exact) mass is 354 g/mol. The lowest BCUT2D eigenvalue weighted by molar-refractivity contribution is -0.126. The predicted octanol–water partition coefficient (Wildman–Crippen LogP) is 2.39. The number of amides is 2. The number of nitrogens with one attached hydrogen (secondary N) is 1. The Morgan fingerprint density at radius 3 is 2.75 bits per heavy atom. The molecule has 1 aliphatic heterocycles. The van der Waals surface area contributed by atoms with E-state index in [9.17, 15) is 9.59 Å². The van der Waals surface area contributed by atoms with Crippen LogP contribution in [0.5, 0.6) is 0 Å². The molecule has 0 spiro atoms. The zero-order valence-electron chi connectivity index (χ0n) is 14.2. The molecule has 8 heteroatoms. The number of aromatic nitrogens is 2. The van der Waals surface area contributed by atoms with Crippen molar-refractivity contribution >= 4 is 23.6 Å². The molecule has 0 aliphatic carbocycles. The zero-order valence-corrected chi connectivity index (χ0v) is 15.0. The first-order chi connectivity index (χ1) is 11.3. The molecular formula is C16H23ClN4O3. The molecule has 1 aliphatic rings. The van der Waals surface area contributed by atoms with E-state index < -0.39 is 5.60 Å². The maximum Gasteiger partial charge on any atom is 0.410 e. The molecule has 2 rings (SSSR count). The van der Waals surface area contributed by atoms with E-state index in [1.807, 2.05) is 20.8 Å². The first-order valence-electron chi connectivity index (χ1n) is 7.97. The second-order valence-corrected chi connectivity index (χ2v) is 7.14. The quantitative estimate of drug-likeness (QED) is 0.900. The summed E-state index contributed by atoms with van der Waals surface area (Å²) in [7, 11) is 0. The van der Waals surface area contributed by atoms with Crippen molar-refractivity contribution in [3.8, 4) is 0 Å². The number of carbonyl (C=O) groups excluding carboxylic acids is 2. The van der Waals surface area contributed by atoms with Crippen LogP contribution >= 0.6 is 11.6 Å². The molecule has 1 aromatic rings. The molecule has 0 bridgehead atoms. The summed E-state index contributed by atoms with van der Waals surface area (Å²) in [5.41, 5.74) is -0.0259. The zero-order chi connectivity index (χ0) is 17.7. The van der Waals surface area contributed by atoms with Crippen LogP contribution in [0.2, 0.25) is 5.15 Å². The minimum atomic E-state index is -0.547. The average molecular weight is 355 g/mol. The summed E-state index contributed by atoms with van der Waals surface area (Å²) in [4.78, 5) is 34.1. The number of piperidine rings is 1. The average Bonchev–Trinajstić information content (AvgIpc) is 2.52. The van der Waals surface area contributed by atoms with Crippen LogP contribution in [0.1, 0.15) is 39.3 Å². The van der Waals surface area contributed by atoms with Crippen molar-refractivity contribution in [2.24, 2.45) is 5.92 Å². The van der Waals surface area contributed by atoms with Gasteiger partial charge in [0.1, 0.15) is 5.60 Å². The molecule has 1 atom stereocenters. The Kier molecular flexibility index (Phi) is 5.99. The van der Waals surface area contributed by atoms with Crippen molar-refractivity contribution in [2.75, 3.05) is 13.1 Å². The SMILES string of the molecule is CC(C)(C)OC(=O)N1CCC[C@H](C(=O)NCc2nccnc2Cl)C1. The molecule has 1 aromatic heterocycles. The summed E-state index contributed by atoms with van der Waals surface area (Å²) >= 11 is 5.93. The van der Waals surface area contributed by atoms with Gasteiger partial charge in [-0.25, -0.2) is 9.78 Å². The highest BCUT2D eigenvalue weighted by Gasteiger charge is 2.30. The Labute approximate surface area is 146 Å². The summed E-state index contributed by atoms with van der Waals surface area (Å²) in [6.45, 7) is 6.65. The summed E-state index contributed by atoms with van der Waals surface area (Å²) in [6, 6.07) is 0. The van der Waals surface area contributed by atoms with Gasteiger partial charge in [0, 0.05) is 25.5 Å². The Morgan fingerprint density at radius 2 is 2.08 bits per heavy atom. The highest BCUT2D eigenvalue weighted by Crippen LogP contribution is 2.20. The summed E-state index contributed by atoms with van der Waals surface area (Å²) in [6.07, 6.45) is 4.14. The molecule has 24 heavy (non-hydrogen) atoms. The predicted molar refractivity (Wildman–Crippen MR) is 89.4 cm³/mol. The summed E-state index contributed by atoms with van der Waals surface area (Å²) in [5, 5.41) is 3.09. The van der Waals surface area contributed by atoms with E-state index >= 15 is 0 Å². The third-order valence-corrected chi connectivity index (χ3v) is 3.91. The van der Waals surface area contributed by atoms with Crippen LogP contribution in [0.4, 0.5) is 4.79 Å². The number of hydrogen-bond donors (Lipinski definition) is 1. The van der Waals surface area contributed by atoms with Crippen LogP contribution < -0.4 is 5.32 Å². The Morgan fingerprint density at radius 1 is 1.38 bits per heavy atom. The smallest absolute Gasteiger partial charge is 0.410 e. The van der Waals surface area contributed by atoms with Gasteiger partial charge in [-0.1, -0.05) is 11.6 Å². The van der Waals surface area contributed by atoms with Crippen molar-refractivity contribution in [3.63, 3.8) is 0 Å². The van der Waals surface area contributed by atoms with Crippen LogP contribution in [0.25, 0.3) is 0 Å². The van der Waals surface area contributed by atoms with E-state index in [1.165, 1.54) is 12.4 Å². The number of carbonyl (C=O) groups is 2. The second-order valence-electron chi connectivity index (χ2n) is 6.78. The third-order valence-electron chi connectivity index (χ3n) is 3.60. The van der Waals surface area contributed by atoms with E-state index in [1.54, 1.807) is 4.90 Å². The Balaban J connectivity index is 1.88. The van der Waals surface area contributed by atoms with Crippen molar-refractivity contribution in [1.29, 1.82) is 0 Å². The van der Waals surface area contributed by atoms with Crippen LogP contribution in [0.3, 0.4) is 0 Å². The van der Waals surface area contributed by atoms with Gasteiger partial charge in [0.15, 0.2) is 5.15 Å². The van der Waals surface area contributed by atoms with E-state index in [0.717, 1.165) is 12.8 Å². The number of rotatable bonds is 3. The lowest BCUT2D eigenvalue weighted by atomic mass is 9.97. The standard InChI is InChI=1S/C16H23ClN4O3/c1-16(2,3)24-15(23)21-8-4-5-11(10-21)14(22)20-9-12-13(17)19-7-6-18-12/h6-7,11H,4-5,8-10H2,1-3H3,(H,20,22)/t11-/m0/s1. The van der Waals surface area contributed by atoms with Gasteiger partial charge in [-0.2, -0.15) is 0 Å². The van der Waals surface area contributed by atoms with Crippen LogP contribution in [0.15, 0.2) is 12.4 Å². The van der Waals surface area contributed by atoms with Crippen molar-refractivity contribution in [1.82, 2.24) is 20.2 Å². The van der Waals surface area contributed by atoms with E-state index in [0.29, 0.717) is 18.8 Å². The van der Waals surface area contributed by atoms with E-state index in [4.69, 9.17) is 16.3 Å². The number of halogens is 1. The number of hydrogen-bond acceptors (Lipinski definition) is 5. The molecule has 7 nitrogen and oxygen atoms in total. The lowest BCUT2D eigenvalue weighted by Gasteiger charge is -2.33. The number of nitrogens with zero attached hydrogens (tertiary/aromatic N) is 3. The largest absolute Gasteiger partial charge is 0.444 e. The van der Waals surface area contributed by atoms with Gasteiger partial charge >= 0.3 is 6.09 Å². The fourth-order valence-corrected chi connectivity index (χ4v) is 2.64. The molecule has 1 N–H and O–H groups in total. The first kappa shape index (κ1) is 18.4. The van der Waals surface area contributed by atoms with Gasteiger partial charge in [0.05, 0.1) is 18.2 Å². The van der Waals surface area contributed by atoms with Crippen molar-refractivity contribution < 1.29 is 14.3 Å². The molecule has 0 saturated carbocycles. The highest BCUT2D eigenvalue weighted by molar-refractivity contribution is 6.29. The lowest BCUT2D eigenvalue weighted by Crippen LogP contribution is -2.47. The Bertz CT molecular complexity index is 603. The molecule has 2 amide bonds. The highest BCUT2D eigenvalue weighted by atomic mass is 35.5. The van der Waals surface area contributed by atoms with Gasteiger partial charge in [-0.05, 0) is 33.6 Å². The molecular weight excluding hydrogens is 332 g/mol. The minimum Gasteiger partial charge on any atom is -0.444 e. The van der Waals surface area contributed by atoms with Gasteiger partial charge in [-0.3, -0.25) is 9.78 Å². The molecule has 0 aromatic carbocycles. The fourth-order valence-electron chi connectivity index (χ4n) is 2.47. The van der Waals surface area contributed by atoms with E-state index in [-0.39, 0.29) is 29.6 Å². The first-order valence-corrected chi connectivity index (χ1v) is 8.35. The molecule has 0 unspecified atom stereocenters. The maximum absolute atomic E-state index is 12.4. The van der Waals surface area contributed by atoms with E-state index in [2.05, 4.69) is 15.3 Å². The molecule has 132 valence electrons. The van der Waals surface area contributed by atoms with Crippen molar-refractivity contribution in [2.45, 2.75) is 45.8 Å². The van der Waals surface area contributed by atoms with Crippen LogP contribution in [0, 0.1) is 5.92 Å². The van der Waals surface area contributed by atoms with Crippen molar-refractivity contribution in [3.05, 3.63) is 23.2 Å². The molecule has 0 radical (unpaired) electrons. The van der Waals surface area contributed by atoms with Gasteiger partial charge in [0.2, 0.25) is 5.91 Å². The van der Waals surface area contributed by atoms with Crippen LogP contribution in [-0.2, 0) is 16.1 Å². The fraction of sp³-hybridized carbons (Fsp3) is 0.625. The number of likely N-dealkylation sites (tertiary alicyclic amines) is 1. The second kappa shape index (κ2) is 7.79. The van der Waals surface area contributed by atoms with Gasteiger partial charge in [-0.15, -0.1) is 0 Å². The molecule has 1 fully saturated rings. The van der Waals surface area contributed by atoms with Gasteiger partial charge in [0.25, 0.3) is 0 Å². The normalized spacial score (nSPS) is 18.2. The topological polar surface area (TPSA) is 84.4 Å². The summed E-state index contributed by atoms with van der Waals surface area (Å²) < 4.78 is 5.37. The Hall–Kier alpha value is -1.89. The molecule has 2 heterocycles. The molecule has 1 saturated heterocycles. The minimum absolute atomic E-state index is 0.120. The summed E-state index contributed by atoms with van der Waals surface area (Å²) in [5.74, 6) is -0.383. The third kappa shape index (κ3) is 5.33. The van der Waals surface area contributed by atoms with Crippen LogP contribution in [-0.4, -0.2) is 45.6 Å². The van der Waals surface area contributed by atoms with Gasteiger partial charge < -0.3 is 15.0 Å².